The summed E-state index contributed by atoms with van der Waals surface area (Å²) in [5.74, 6) is -3.27. The molecule has 2 rings (SSSR count). The lowest BCUT2D eigenvalue weighted by Crippen LogP contribution is -2.10. The van der Waals surface area contributed by atoms with Gasteiger partial charge in [0.15, 0.2) is 17.5 Å². The highest BCUT2D eigenvalue weighted by molar-refractivity contribution is 5.88. The molecule has 0 saturated carbocycles. The van der Waals surface area contributed by atoms with Crippen LogP contribution in [0.25, 0.3) is 0 Å². The number of benzene rings is 1. The molecule has 20 heavy (non-hydrogen) atoms. The van der Waals surface area contributed by atoms with E-state index in [2.05, 4.69) is 15.5 Å². The van der Waals surface area contributed by atoms with E-state index in [0.29, 0.717) is 18.1 Å². The first kappa shape index (κ1) is 13.9. The second kappa shape index (κ2) is 5.64. The largest absolute Gasteiger partial charge is 0.478 e. The first-order valence-corrected chi connectivity index (χ1v) is 5.73. The van der Waals surface area contributed by atoms with Crippen LogP contribution in [-0.2, 0) is 6.42 Å². The quantitative estimate of drug-likeness (QED) is 0.872. The van der Waals surface area contributed by atoms with Crippen molar-refractivity contribution in [3.63, 3.8) is 0 Å². The van der Waals surface area contributed by atoms with Gasteiger partial charge < -0.3 is 14.9 Å². The van der Waals surface area contributed by atoms with Gasteiger partial charge in [0.1, 0.15) is 0 Å². The Kier molecular flexibility index (Phi) is 3.92. The Hall–Kier alpha value is -2.51. The van der Waals surface area contributed by atoms with E-state index in [0.717, 1.165) is 6.07 Å². The van der Waals surface area contributed by atoms with Crippen molar-refractivity contribution in [2.75, 3.05) is 11.9 Å². The van der Waals surface area contributed by atoms with Crippen molar-refractivity contribution >= 4 is 11.7 Å². The number of carboxylic acids is 1. The van der Waals surface area contributed by atoms with E-state index in [1.165, 1.54) is 6.07 Å². The molecule has 0 aliphatic carbocycles. The molecule has 1 aromatic heterocycles. The van der Waals surface area contributed by atoms with Crippen LogP contribution in [0.2, 0.25) is 0 Å². The van der Waals surface area contributed by atoms with E-state index in [-0.39, 0.29) is 12.2 Å². The molecule has 8 heteroatoms. The summed E-state index contributed by atoms with van der Waals surface area (Å²) in [5.41, 5.74) is -0.824. The zero-order chi connectivity index (χ0) is 14.7. The highest BCUT2D eigenvalue weighted by atomic mass is 19.2. The van der Waals surface area contributed by atoms with Crippen molar-refractivity contribution in [2.24, 2.45) is 0 Å². The van der Waals surface area contributed by atoms with Gasteiger partial charge in [0.2, 0.25) is 5.89 Å². The molecular formula is C12H11F2N3O3. The molecule has 1 aromatic carbocycles. The maximum Gasteiger partial charge on any atom is 0.338 e. The third-order valence-corrected chi connectivity index (χ3v) is 2.55. The number of hydrogen-bond donors (Lipinski definition) is 2. The second-order valence-electron chi connectivity index (χ2n) is 4.00. The summed E-state index contributed by atoms with van der Waals surface area (Å²) in [6.07, 6.45) is 0.360. The van der Waals surface area contributed by atoms with E-state index in [9.17, 15) is 13.6 Å². The fourth-order valence-electron chi connectivity index (χ4n) is 1.60. The Balaban J connectivity index is 2.03. The van der Waals surface area contributed by atoms with Gasteiger partial charge in [-0.15, -0.1) is 0 Å². The van der Waals surface area contributed by atoms with E-state index in [1.807, 2.05) is 0 Å². The average Bonchev–Trinajstić information content (AvgIpc) is 2.80. The van der Waals surface area contributed by atoms with Crippen molar-refractivity contribution < 1.29 is 23.2 Å². The summed E-state index contributed by atoms with van der Waals surface area (Å²) in [4.78, 5) is 14.6. The number of aryl methyl sites for hydroxylation is 1. The summed E-state index contributed by atoms with van der Waals surface area (Å²) in [6.45, 7) is 1.89. The lowest BCUT2D eigenvalue weighted by molar-refractivity contribution is 0.0690. The molecule has 6 nitrogen and oxygen atoms in total. The van der Waals surface area contributed by atoms with E-state index in [4.69, 9.17) is 9.63 Å². The number of nitrogens with zero attached hydrogens (tertiary/aromatic N) is 2. The maximum absolute atomic E-state index is 13.6. The fraction of sp³-hybridized carbons (Fsp3) is 0.250. The van der Waals surface area contributed by atoms with Crippen LogP contribution in [0.5, 0.6) is 0 Å². The number of nitrogens with one attached hydrogen (secondary N) is 1. The number of aromatic carboxylic acids is 1. The molecule has 0 amide bonds. The Bertz CT molecular complexity index is 643. The molecule has 0 bridgehead atoms. The van der Waals surface area contributed by atoms with E-state index in [1.54, 1.807) is 6.92 Å². The van der Waals surface area contributed by atoms with Crippen molar-refractivity contribution in [3.05, 3.63) is 41.0 Å². The lowest BCUT2D eigenvalue weighted by atomic mass is 10.2. The molecule has 2 aromatic rings. The molecule has 1 heterocycles. The Morgan fingerprint density at radius 3 is 2.75 bits per heavy atom. The predicted molar refractivity (Wildman–Crippen MR) is 64.5 cm³/mol. The van der Waals surface area contributed by atoms with Crippen LogP contribution in [0.1, 0.15) is 22.1 Å². The smallest absolute Gasteiger partial charge is 0.338 e. The zero-order valence-corrected chi connectivity index (χ0v) is 10.5. The third kappa shape index (κ3) is 2.90. The number of hydrogen-bond acceptors (Lipinski definition) is 5. The summed E-state index contributed by atoms with van der Waals surface area (Å²) < 4.78 is 31.8. The Morgan fingerprint density at radius 2 is 2.15 bits per heavy atom. The molecule has 0 aliphatic heterocycles. The first-order chi connectivity index (χ1) is 9.49. The highest BCUT2D eigenvalue weighted by Crippen LogP contribution is 2.20. The molecule has 0 radical (unpaired) electrons. The Morgan fingerprint density at radius 1 is 1.40 bits per heavy atom. The van der Waals surface area contributed by atoms with Gasteiger partial charge in [-0.25, -0.2) is 13.6 Å². The van der Waals surface area contributed by atoms with Crippen LogP contribution in [0.3, 0.4) is 0 Å². The number of aromatic nitrogens is 2. The molecule has 0 unspecified atom stereocenters. The molecule has 0 fully saturated rings. The monoisotopic (exact) mass is 283 g/mol. The molecule has 0 aliphatic rings. The number of rotatable bonds is 5. The predicted octanol–water partition coefficient (Wildman–Crippen LogP) is 2.01. The normalized spacial score (nSPS) is 10.6. The summed E-state index contributed by atoms with van der Waals surface area (Å²) in [7, 11) is 0. The van der Waals surface area contributed by atoms with Gasteiger partial charge in [-0.3, -0.25) is 0 Å². The molecule has 0 saturated heterocycles. The SMILES string of the molecule is Cc1nc(CCNc2ccc(C(=O)O)c(F)c2F)no1. The van der Waals surface area contributed by atoms with Crippen LogP contribution in [0.4, 0.5) is 14.5 Å². The van der Waals surface area contributed by atoms with Crippen LogP contribution in [0, 0.1) is 18.6 Å². The van der Waals surface area contributed by atoms with Gasteiger partial charge in [-0.2, -0.15) is 4.98 Å². The second-order valence-corrected chi connectivity index (χ2v) is 4.00. The van der Waals surface area contributed by atoms with Gasteiger partial charge in [-0.05, 0) is 12.1 Å². The number of anilines is 1. The van der Waals surface area contributed by atoms with Crippen LogP contribution in [0.15, 0.2) is 16.7 Å². The summed E-state index contributed by atoms with van der Waals surface area (Å²) in [5, 5.41) is 15.0. The zero-order valence-electron chi connectivity index (χ0n) is 10.5. The maximum atomic E-state index is 13.6. The number of carboxylic acid groups (broad SMARTS) is 1. The Labute approximate surface area is 112 Å². The van der Waals surface area contributed by atoms with Crippen LogP contribution in [-0.4, -0.2) is 27.8 Å². The van der Waals surface area contributed by atoms with Gasteiger partial charge in [0.05, 0.1) is 11.3 Å². The lowest BCUT2D eigenvalue weighted by Gasteiger charge is -2.08. The van der Waals surface area contributed by atoms with Crippen molar-refractivity contribution in [1.82, 2.24) is 10.1 Å². The van der Waals surface area contributed by atoms with Crippen LogP contribution < -0.4 is 5.32 Å². The molecule has 0 atom stereocenters. The van der Waals surface area contributed by atoms with Gasteiger partial charge in [0.25, 0.3) is 0 Å². The van der Waals surface area contributed by atoms with Gasteiger partial charge >= 0.3 is 5.97 Å². The topological polar surface area (TPSA) is 88.2 Å². The minimum atomic E-state index is -1.52. The number of halogens is 2. The third-order valence-electron chi connectivity index (χ3n) is 2.55. The van der Waals surface area contributed by atoms with Crippen molar-refractivity contribution in [1.29, 1.82) is 0 Å². The summed E-state index contributed by atoms with van der Waals surface area (Å²) in [6, 6.07) is 2.17. The molecule has 106 valence electrons. The highest BCUT2D eigenvalue weighted by Gasteiger charge is 2.17. The molecule has 2 N–H and O–H groups in total. The minimum absolute atomic E-state index is 0.118. The van der Waals surface area contributed by atoms with Gasteiger partial charge in [-0.1, -0.05) is 5.16 Å². The average molecular weight is 283 g/mol. The summed E-state index contributed by atoms with van der Waals surface area (Å²) >= 11 is 0. The van der Waals surface area contributed by atoms with Crippen LogP contribution >= 0.6 is 0 Å². The van der Waals surface area contributed by atoms with E-state index < -0.39 is 23.2 Å². The van der Waals surface area contributed by atoms with E-state index >= 15 is 0 Å². The van der Waals surface area contributed by atoms with Gasteiger partial charge in [0, 0.05) is 19.9 Å². The first-order valence-electron chi connectivity index (χ1n) is 5.73. The molecular weight excluding hydrogens is 272 g/mol. The van der Waals surface area contributed by atoms with Crippen molar-refractivity contribution in [2.45, 2.75) is 13.3 Å². The standard InChI is InChI=1S/C12H11F2N3O3/c1-6-16-9(17-20-6)4-5-15-8-3-2-7(12(18)19)10(13)11(8)14/h2-3,15H,4-5H2,1H3,(H,18,19). The molecule has 0 spiro atoms. The number of carbonyl (C=O) groups is 1. The minimum Gasteiger partial charge on any atom is -0.478 e. The van der Waals surface area contributed by atoms with Crippen molar-refractivity contribution in [3.8, 4) is 0 Å². The fourth-order valence-corrected chi connectivity index (χ4v) is 1.60.